The number of carbonyl (C=O) groups is 2. The van der Waals surface area contributed by atoms with Crippen molar-refractivity contribution < 1.29 is 41.0 Å². The predicted molar refractivity (Wildman–Crippen MR) is 168 cm³/mol. The highest BCUT2D eigenvalue weighted by atomic mass is 19.4. The third-order valence-electron chi connectivity index (χ3n) is 8.58. The fourth-order valence-electron chi connectivity index (χ4n) is 5.94. The van der Waals surface area contributed by atoms with Gasteiger partial charge in [-0.2, -0.15) is 36.1 Å². The van der Waals surface area contributed by atoms with E-state index in [-0.39, 0.29) is 34.5 Å². The molecule has 2 aliphatic rings. The number of amides is 2. The molecule has 4 heterocycles. The van der Waals surface area contributed by atoms with Crippen LogP contribution in [0.25, 0.3) is 16.2 Å². The van der Waals surface area contributed by atoms with E-state index in [9.17, 15) is 41.0 Å². The minimum atomic E-state index is -4.61. The number of hydrogen-bond acceptors (Lipinski definition) is 5. The molecule has 16 heteroatoms. The number of rotatable bonds is 7. The van der Waals surface area contributed by atoms with Gasteiger partial charge in [-0.15, -0.1) is 0 Å². The summed E-state index contributed by atoms with van der Waals surface area (Å²) in [5, 5.41) is 16.7. The second kappa shape index (κ2) is 14.4. The van der Waals surface area contributed by atoms with Crippen LogP contribution in [0.4, 0.5) is 32.2 Å². The van der Waals surface area contributed by atoms with Crippen molar-refractivity contribution in [3.63, 3.8) is 0 Å². The molecule has 2 fully saturated rings. The first-order valence-corrected chi connectivity index (χ1v) is 15.7. The third-order valence-corrected chi connectivity index (χ3v) is 8.58. The number of aliphatic hydroxyl groups excluding tert-OH is 1. The van der Waals surface area contributed by atoms with Gasteiger partial charge in [0, 0.05) is 50.1 Å². The minimum Gasteiger partial charge on any atom is -0.390 e. The summed E-state index contributed by atoms with van der Waals surface area (Å²) in [5.41, 5.74) is 0.368. The molecule has 2 aliphatic heterocycles. The van der Waals surface area contributed by atoms with Crippen LogP contribution in [0.5, 0.6) is 0 Å². The molecular formula is C34H33F6N7O3. The zero-order valence-electron chi connectivity index (χ0n) is 27.1. The van der Waals surface area contributed by atoms with Gasteiger partial charge in [-0.1, -0.05) is 35.9 Å². The molecular weight excluding hydrogens is 668 g/mol. The number of nitrogens with zero attached hydrogens (tertiary/aromatic N) is 7. The Morgan fingerprint density at radius 2 is 1.14 bits per heavy atom. The van der Waals surface area contributed by atoms with Crippen LogP contribution in [0.15, 0.2) is 48.5 Å². The lowest BCUT2D eigenvalue weighted by Crippen LogP contribution is -2.23. The molecule has 50 heavy (non-hydrogen) atoms. The van der Waals surface area contributed by atoms with E-state index in [1.807, 2.05) is 0 Å². The molecule has 2 aromatic heterocycles. The molecule has 0 saturated carbocycles. The van der Waals surface area contributed by atoms with Crippen LogP contribution in [0, 0.1) is 20.4 Å². The molecule has 0 atom stereocenters. The zero-order chi connectivity index (χ0) is 36.4. The summed E-state index contributed by atoms with van der Waals surface area (Å²) >= 11 is 0. The van der Waals surface area contributed by atoms with Crippen molar-refractivity contribution in [1.82, 2.24) is 29.4 Å². The summed E-state index contributed by atoms with van der Waals surface area (Å²) in [5.74, 6) is 0.0656. The standard InChI is InChI=1S/C17H15F3N4O.C17H18F3N3O2/c1-11-15(17(18,19)20)22-24(16(11)21-2)13-7-5-12(6-8-13)10-23-9-3-4-14(23)25;1-11-14(10-24)23(21-16(11)17(18,19)20)13-6-4-12(5-7-13)9-22-8-2-3-15(22)25/h5-8H,3-4,9-10H2,1H3;4-7,24H,2-3,8-10H2,1H3. The molecule has 2 aromatic carbocycles. The van der Waals surface area contributed by atoms with E-state index >= 15 is 0 Å². The Morgan fingerprint density at radius 1 is 0.720 bits per heavy atom. The summed E-state index contributed by atoms with van der Waals surface area (Å²) in [6.45, 7) is 11.6. The van der Waals surface area contributed by atoms with Gasteiger partial charge < -0.3 is 19.8 Å². The highest BCUT2D eigenvalue weighted by Gasteiger charge is 2.39. The first-order valence-electron chi connectivity index (χ1n) is 15.7. The molecule has 4 aromatic rings. The van der Waals surface area contributed by atoms with Gasteiger partial charge in [-0.25, -0.2) is 4.68 Å². The Labute approximate surface area is 283 Å². The van der Waals surface area contributed by atoms with E-state index < -0.39 is 30.3 Å². The smallest absolute Gasteiger partial charge is 0.390 e. The van der Waals surface area contributed by atoms with E-state index in [2.05, 4.69) is 15.0 Å². The van der Waals surface area contributed by atoms with Crippen molar-refractivity contribution >= 4 is 17.6 Å². The molecule has 10 nitrogen and oxygen atoms in total. The number of halogens is 6. The van der Waals surface area contributed by atoms with Gasteiger partial charge in [-0.05, 0) is 62.1 Å². The number of aliphatic hydroxyl groups is 1. The monoisotopic (exact) mass is 701 g/mol. The van der Waals surface area contributed by atoms with Crippen LogP contribution in [0.2, 0.25) is 0 Å². The predicted octanol–water partition coefficient (Wildman–Crippen LogP) is 6.69. The molecule has 0 bridgehead atoms. The van der Waals surface area contributed by atoms with Crippen LogP contribution in [-0.4, -0.2) is 59.4 Å². The lowest BCUT2D eigenvalue weighted by molar-refractivity contribution is -0.142. The molecule has 0 unspecified atom stereocenters. The normalized spacial score (nSPS) is 15.0. The van der Waals surface area contributed by atoms with Crippen molar-refractivity contribution in [3.05, 3.63) is 99.3 Å². The van der Waals surface area contributed by atoms with Gasteiger partial charge in [0.25, 0.3) is 5.82 Å². The molecule has 264 valence electrons. The van der Waals surface area contributed by atoms with Gasteiger partial charge in [-0.3, -0.25) is 9.59 Å². The summed E-state index contributed by atoms with van der Waals surface area (Å²) in [6, 6.07) is 13.5. The van der Waals surface area contributed by atoms with Crippen LogP contribution >= 0.6 is 0 Å². The van der Waals surface area contributed by atoms with Crippen molar-refractivity contribution in [2.24, 2.45) is 0 Å². The van der Waals surface area contributed by atoms with E-state index in [1.165, 1.54) is 13.8 Å². The maximum atomic E-state index is 13.0. The molecule has 2 amide bonds. The van der Waals surface area contributed by atoms with Gasteiger partial charge in [0.15, 0.2) is 11.4 Å². The number of alkyl halides is 6. The van der Waals surface area contributed by atoms with Crippen molar-refractivity contribution in [2.45, 2.75) is 71.6 Å². The summed E-state index contributed by atoms with van der Waals surface area (Å²) in [6.07, 6.45) is -6.37. The van der Waals surface area contributed by atoms with Crippen LogP contribution in [0.3, 0.4) is 0 Å². The molecule has 0 aliphatic carbocycles. The highest BCUT2D eigenvalue weighted by Crippen LogP contribution is 2.37. The average Bonchev–Trinajstić information content (AvgIpc) is 3.84. The second-order valence-corrected chi connectivity index (χ2v) is 12.0. The third kappa shape index (κ3) is 7.67. The summed E-state index contributed by atoms with van der Waals surface area (Å²) < 4.78 is 80.2. The quantitative estimate of drug-likeness (QED) is 0.171. The molecule has 1 N–H and O–H groups in total. The van der Waals surface area contributed by atoms with Gasteiger partial charge in [0.05, 0.1) is 18.0 Å². The topological polar surface area (TPSA) is 101 Å². The van der Waals surface area contributed by atoms with Gasteiger partial charge >= 0.3 is 12.4 Å². The Kier molecular flexibility index (Phi) is 10.4. The Bertz CT molecular complexity index is 1910. The average molecular weight is 702 g/mol. The van der Waals surface area contributed by atoms with E-state index in [1.54, 1.807) is 58.3 Å². The lowest BCUT2D eigenvalue weighted by Gasteiger charge is -2.15. The van der Waals surface area contributed by atoms with E-state index in [0.29, 0.717) is 37.3 Å². The van der Waals surface area contributed by atoms with Crippen LogP contribution < -0.4 is 0 Å². The fraction of sp³-hybridized carbons (Fsp3) is 0.382. The SMILES string of the molecule is Cc1c(C(F)(F)F)nn(-c2ccc(CN3CCCC3=O)cc2)c1CO.[C-]#[N+]c1c(C)c(C(F)(F)F)nn1-c1ccc(CN2CCCC2=O)cc1. The summed E-state index contributed by atoms with van der Waals surface area (Å²) in [4.78, 5) is 30.0. The maximum Gasteiger partial charge on any atom is 0.436 e. The lowest BCUT2D eigenvalue weighted by atomic mass is 10.1. The summed E-state index contributed by atoms with van der Waals surface area (Å²) in [7, 11) is 0. The van der Waals surface area contributed by atoms with Crippen molar-refractivity contribution in [1.29, 1.82) is 0 Å². The number of carbonyl (C=O) groups excluding carboxylic acids is 2. The Balaban J connectivity index is 0.000000194. The van der Waals surface area contributed by atoms with Crippen LogP contribution in [0.1, 0.15) is 65.0 Å². The first-order chi connectivity index (χ1) is 23.6. The van der Waals surface area contributed by atoms with Crippen molar-refractivity contribution in [2.75, 3.05) is 13.1 Å². The molecule has 6 rings (SSSR count). The van der Waals surface area contributed by atoms with Gasteiger partial charge in [0.2, 0.25) is 11.8 Å². The molecule has 0 radical (unpaired) electrons. The largest absolute Gasteiger partial charge is 0.436 e. The first kappa shape index (κ1) is 36.1. The molecule has 0 spiro atoms. The van der Waals surface area contributed by atoms with Crippen LogP contribution in [-0.2, 0) is 41.6 Å². The van der Waals surface area contributed by atoms with E-state index in [4.69, 9.17) is 6.57 Å². The van der Waals surface area contributed by atoms with Gasteiger partial charge in [0.1, 0.15) is 5.69 Å². The number of benzene rings is 2. The number of aromatic nitrogens is 4. The maximum absolute atomic E-state index is 13.0. The fourth-order valence-corrected chi connectivity index (χ4v) is 5.94. The second-order valence-electron chi connectivity index (χ2n) is 12.0. The highest BCUT2D eigenvalue weighted by molar-refractivity contribution is 5.78. The Hall–Kier alpha value is -5.17. The number of hydrogen-bond donors (Lipinski definition) is 1. The molecule has 2 saturated heterocycles. The van der Waals surface area contributed by atoms with Crippen molar-refractivity contribution in [3.8, 4) is 11.4 Å². The zero-order valence-corrected chi connectivity index (χ0v) is 27.1. The minimum absolute atomic E-state index is 0.0817. The Morgan fingerprint density at radius 3 is 1.52 bits per heavy atom. The van der Waals surface area contributed by atoms with E-state index in [0.717, 1.165) is 46.4 Å². The number of likely N-dealkylation sites (tertiary alicyclic amines) is 2.